The molecule has 0 aromatic carbocycles. The summed E-state index contributed by atoms with van der Waals surface area (Å²) in [6, 6.07) is 1.22. The van der Waals surface area contributed by atoms with Gasteiger partial charge in [-0.25, -0.2) is 8.78 Å². The van der Waals surface area contributed by atoms with E-state index in [1.807, 2.05) is 0 Å². The van der Waals surface area contributed by atoms with Crippen LogP contribution >= 0.6 is 0 Å². The Hall–Kier alpha value is -1.32. The van der Waals surface area contributed by atoms with E-state index in [-0.39, 0.29) is 16.8 Å². The van der Waals surface area contributed by atoms with Crippen LogP contribution in [0.1, 0.15) is 28.5 Å². The highest BCUT2D eigenvalue weighted by molar-refractivity contribution is 5.74. The Labute approximate surface area is 74.6 Å². The van der Waals surface area contributed by atoms with E-state index < -0.39 is 5.92 Å². The van der Waals surface area contributed by atoms with E-state index in [4.69, 9.17) is 0 Å². The number of rotatable bonds is 2. The standard InChI is InChI=1S/C9H9F2NO/c1-6-7(9(2,10)11)3-4-12-8(6)5-13/h3-5H,1-2H3. The maximum atomic E-state index is 12.9. The third kappa shape index (κ3) is 1.88. The lowest BCUT2D eigenvalue weighted by Gasteiger charge is -2.13. The summed E-state index contributed by atoms with van der Waals surface area (Å²) < 4.78 is 25.8. The highest BCUT2D eigenvalue weighted by Gasteiger charge is 2.27. The van der Waals surface area contributed by atoms with Gasteiger partial charge in [-0.1, -0.05) is 0 Å². The second kappa shape index (κ2) is 3.20. The van der Waals surface area contributed by atoms with Gasteiger partial charge in [0.1, 0.15) is 5.69 Å². The molecule has 0 unspecified atom stereocenters. The van der Waals surface area contributed by atoms with E-state index in [2.05, 4.69) is 4.98 Å². The van der Waals surface area contributed by atoms with Crippen molar-refractivity contribution in [3.63, 3.8) is 0 Å². The minimum Gasteiger partial charge on any atom is -0.296 e. The van der Waals surface area contributed by atoms with Gasteiger partial charge in [-0.05, 0) is 18.6 Å². The zero-order valence-electron chi connectivity index (χ0n) is 7.34. The van der Waals surface area contributed by atoms with Gasteiger partial charge in [-0.15, -0.1) is 0 Å². The number of pyridine rings is 1. The Balaban J connectivity index is 3.32. The van der Waals surface area contributed by atoms with E-state index in [0.717, 1.165) is 6.92 Å². The molecular formula is C9H9F2NO. The summed E-state index contributed by atoms with van der Waals surface area (Å²) in [5.41, 5.74) is 0.161. The zero-order valence-corrected chi connectivity index (χ0v) is 7.34. The van der Waals surface area contributed by atoms with E-state index in [0.29, 0.717) is 6.29 Å². The molecule has 0 saturated carbocycles. The molecular weight excluding hydrogens is 176 g/mol. The van der Waals surface area contributed by atoms with Crippen LogP contribution in [0.25, 0.3) is 0 Å². The van der Waals surface area contributed by atoms with Gasteiger partial charge < -0.3 is 0 Å². The summed E-state index contributed by atoms with van der Waals surface area (Å²) in [7, 11) is 0. The van der Waals surface area contributed by atoms with Gasteiger partial charge in [-0.2, -0.15) is 0 Å². The molecule has 0 fully saturated rings. The van der Waals surface area contributed by atoms with Crippen LogP contribution in [0.3, 0.4) is 0 Å². The van der Waals surface area contributed by atoms with Crippen LogP contribution in [0.2, 0.25) is 0 Å². The fourth-order valence-corrected chi connectivity index (χ4v) is 1.15. The number of alkyl halides is 2. The van der Waals surface area contributed by atoms with Gasteiger partial charge in [0.05, 0.1) is 0 Å². The molecule has 0 spiro atoms. The predicted molar refractivity (Wildman–Crippen MR) is 43.9 cm³/mol. The van der Waals surface area contributed by atoms with Gasteiger partial charge in [0.15, 0.2) is 6.29 Å². The molecule has 70 valence electrons. The molecule has 0 aliphatic heterocycles. The van der Waals surface area contributed by atoms with E-state index in [1.165, 1.54) is 19.2 Å². The Bertz CT molecular complexity index is 331. The highest BCUT2D eigenvalue weighted by atomic mass is 19.3. The number of halogens is 2. The first kappa shape index (κ1) is 9.77. The Morgan fingerprint density at radius 1 is 1.54 bits per heavy atom. The Kier molecular flexibility index (Phi) is 2.40. The average molecular weight is 185 g/mol. The number of aldehydes is 1. The summed E-state index contributed by atoms with van der Waals surface area (Å²) in [4.78, 5) is 14.1. The molecule has 0 amide bonds. The molecule has 0 bridgehead atoms. The molecule has 0 N–H and O–H groups in total. The topological polar surface area (TPSA) is 30.0 Å². The van der Waals surface area contributed by atoms with Crippen molar-refractivity contribution in [1.29, 1.82) is 0 Å². The van der Waals surface area contributed by atoms with Crippen molar-refractivity contribution in [2.24, 2.45) is 0 Å². The second-order valence-electron chi connectivity index (χ2n) is 2.87. The molecule has 0 saturated heterocycles. The summed E-state index contributed by atoms with van der Waals surface area (Å²) >= 11 is 0. The first-order chi connectivity index (χ1) is 5.96. The van der Waals surface area contributed by atoms with E-state index in [9.17, 15) is 13.6 Å². The number of nitrogens with zero attached hydrogens (tertiary/aromatic N) is 1. The molecule has 0 aliphatic carbocycles. The lowest BCUT2D eigenvalue weighted by molar-refractivity contribution is 0.0167. The lowest BCUT2D eigenvalue weighted by Crippen LogP contribution is -2.11. The quantitative estimate of drug-likeness (QED) is 0.662. The third-order valence-electron chi connectivity index (χ3n) is 1.83. The molecule has 2 nitrogen and oxygen atoms in total. The van der Waals surface area contributed by atoms with Gasteiger partial charge in [-0.3, -0.25) is 9.78 Å². The number of hydrogen-bond donors (Lipinski definition) is 0. The summed E-state index contributed by atoms with van der Waals surface area (Å²) in [6.45, 7) is 2.26. The van der Waals surface area contributed by atoms with E-state index >= 15 is 0 Å². The molecule has 4 heteroatoms. The van der Waals surface area contributed by atoms with Gasteiger partial charge in [0.2, 0.25) is 0 Å². The maximum Gasteiger partial charge on any atom is 0.270 e. The highest BCUT2D eigenvalue weighted by Crippen LogP contribution is 2.29. The lowest BCUT2D eigenvalue weighted by atomic mass is 10.0. The fraction of sp³-hybridized carbons (Fsp3) is 0.333. The van der Waals surface area contributed by atoms with Crippen LogP contribution in [0.5, 0.6) is 0 Å². The van der Waals surface area contributed by atoms with Crippen molar-refractivity contribution in [2.75, 3.05) is 0 Å². The molecule has 1 aromatic rings. The summed E-state index contributed by atoms with van der Waals surface area (Å²) in [5.74, 6) is -2.93. The average Bonchev–Trinajstić information content (AvgIpc) is 2.02. The molecule has 0 aliphatic rings. The second-order valence-corrected chi connectivity index (χ2v) is 2.87. The molecule has 1 aromatic heterocycles. The largest absolute Gasteiger partial charge is 0.296 e. The number of hydrogen-bond acceptors (Lipinski definition) is 2. The van der Waals surface area contributed by atoms with Gasteiger partial charge in [0.25, 0.3) is 5.92 Å². The minimum atomic E-state index is -2.93. The van der Waals surface area contributed by atoms with Crippen molar-refractivity contribution in [2.45, 2.75) is 19.8 Å². The van der Waals surface area contributed by atoms with E-state index in [1.54, 1.807) is 0 Å². The smallest absolute Gasteiger partial charge is 0.270 e. The maximum absolute atomic E-state index is 12.9. The zero-order chi connectivity index (χ0) is 10.1. The first-order valence-electron chi connectivity index (χ1n) is 3.76. The number of aromatic nitrogens is 1. The third-order valence-corrected chi connectivity index (χ3v) is 1.83. The van der Waals surface area contributed by atoms with Crippen molar-refractivity contribution < 1.29 is 13.6 Å². The monoisotopic (exact) mass is 185 g/mol. The van der Waals surface area contributed by atoms with Crippen LogP contribution in [-0.4, -0.2) is 11.3 Å². The SMILES string of the molecule is Cc1c(C(C)(F)F)ccnc1C=O. The predicted octanol–water partition coefficient (Wildman–Crippen LogP) is 2.31. The van der Waals surface area contributed by atoms with Crippen LogP contribution in [0, 0.1) is 6.92 Å². The summed E-state index contributed by atoms with van der Waals surface area (Å²) in [6.07, 6.45) is 1.69. The first-order valence-corrected chi connectivity index (χ1v) is 3.76. The molecule has 1 rings (SSSR count). The molecule has 0 atom stereocenters. The Morgan fingerprint density at radius 2 is 2.15 bits per heavy atom. The van der Waals surface area contributed by atoms with Crippen LogP contribution in [0.4, 0.5) is 8.78 Å². The number of carbonyl (C=O) groups is 1. The van der Waals surface area contributed by atoms with Crippen LogP contribution in [-0.2, 0) is 5.92 Å². The number of carbonyl (C=O) groups excluding carboxylic acids is 1. The minimum absolute atomic E-state index is 0.0685. The van der Waals surface area contributed by atoms with Crippen molar-refractivity contribution in [3.8, 4) is 0 Å². The van der Waals surface area contributed by atoms with Crippen molar-refractivity contribution >= 4 is 6.29 Å². The molecule has 1 heterocycles. The summed E-state index contributed by atoms with van der Waals surface area (Å²) in [5, 5.41) is 0. The Morgan fingerprint density at radius 3 is 2.62 bits per heavy atom. The normalized spacial score (nSPS) is 11.4. The van der Waals surface area contributed by atoms with Crippen molar-refractivity contribution in [3.05, 3.63) is 29.1 Å². The molecule has 0 radical (unpaired) electrons. The fourth-order valence-electron chi connectivity index (χ4n) is 1.15. The van der Waals surface area contributed by atoms with Crippen molar-refractivity contribution in [1.82, 2.24) is 4.98 Å². The molecule has 13 heavy (non-hydrogen) atoms. The van der Waals surface area contributed by atoms with Crippen LogP contribution < -0.4 is 0 Å². The van der Waals surface area contributed by atoms with Gasteiger partial charge in [0, 0.05) is 18.7 Å². The van der Waals surface area contributed by atoms with Crippen LogP contribution in [0.15, 0.2) is 12.3 Å². The van der Waals surface area contributed by atoms with Gasteiger partial charge >= 0.3 is 0 Å².